The van der Waals surface area contributed by atoms with Gasteiger partial charge < -0.3 is 4.74 Å². The number of carbonyl (C=O) groups excluding carboxylic acids is 1. The van der Waals surface area contributed by atoms with E-state index in [1.54, 1.807) is 13.0 Å². The number of esters is 1. The number of rotatable bonds is 3. The lowest BCUT2D eigenvalue weighted by molar-refractivity contribution is -0.137. The molecule has 0 saturated carbocycles. The summed E-state index contributed by atoms with van der Waals surface area (Å²) in [5.41, 5.74) is 0.521. The van der Waals surface area contributed by atoms with Crippen molar-refractivity contribution in [1.82, 2.24) is 0 Å². The van der Waals surface area contributed by atoms with E-state index >= 15 is 0 Å². The first-order valence-electron chi connectivity index (χ1n) is 4.42. The van der Waals surface area contributed by atoms with Gasteiger partial charge in [0, 0.05) is 11.1 Å². The average Bonchev–Trinajstić information content (AvgIpc) is 2.14. The summed E-state index contributed by atoms with van der Waals surface area (Å²) in [6.45, 7) is 2.03. The van der Waals surface area contributed by atoms with E-state index in [2.05, 4.69) is 4.74 Å². The Morgan fingerprint density at radius 1 is 1.53 bits per heavy atom. The van der Waals surface area contributed by atoms with Crippen LogP contribution in [0.15, 0.2) is 24.3 Å². The molecule has 2 nitrogen and oxygen atoms in total. The summed E-state index contributed by atoms with van der Waals surface area (Å²) >= 11 is 5.64. The normalized spacial score (nSPS) is 10.6. The van der Waals surface area contributed by atoms with Crippen LogP contribution in [0.2, 0.25) is 5.02 Å². The Labute approximate surface area is 92.3 Å². The molecule has 1 rings (SSSR count). The Morgan fingerprint density at radius 2 is 2.27 bits per heavy atom. The number of hydrogen-bond donors (Lipinski definition) is 0. The van der Waals surface area contributed by atoms with E-state index < -0.39 is 11.8 Å². The molecule has 0 aromatic heterocycles. The van der Waals surface area contributed by atoms with Crippen LogP contribution >= 0.6 is 11.6 Å². The van der Waals surface area contributed by atoms with Gasteiger partial charge in [0.25, 0.3) is 0 Å². The lowest BCUT2D eigenvalue weighted by Crippen LogP contribution is -1.98. The predicted octanol–water partition coefficient (Wildman–Crippen LogP) is 3.06. The van der Waals surface area contributed by atoms with E-state index in [4.69, 9.17) is 11.6 Å². The van der Waals surface area contributed by atoms with Crippen molar-refractivity contribution in [2.24, 2.45) is 0 Å². The summed E-state index contributed by atoms with van der Waals surface area (Å²) in [5.74, 6) is -0.899. The minimum atomic E-state index is -0.460. The van der Waals surface area contributed by atoms with E-state index in [1.165, 1.54) is 24.3 Å². The van der Waals surface area contributed by atoms with Crippen molar-refractivity contribution in [1.29, 1.82) is 0 Å². The minimum absolute atomic E-state index is 0.290. The Bertz CT molecular complexity index is 368. The van der Waals surface area contributed by atoms with Gasteiger partial charge in [0.15, 0.2) is 0 Å². The Morgan fingerprint density at radius 3 is 2.87 bits per heavy atom. The first-order chi connectivity index (χ1) is 7.11. The molecule has 0 aliphatic carbocycles. The summed E-state index contributed by atoms with van der Waals surface area (Å²) in [6, 6.07) is 4.03. The minimum Gasteiger partial charge on any atom is -0.463 e. The zero-order valence-corrected chi connectivity index (χ0v) is 8.92. The van der Waals surface area contributed by atoms with Crippen LogP contribution in [-0.4, -0.2) is 12.6 Å². The molecule has 0 bridgehead atoms. The van der Waals surface area contributed by atoms with Crippen LogP contribution in [0.25, 0.3) is 6.08 Å². The number of carbonyl (C=O) groups is 1. The van der Waals surface area contributed by atoms with E-state index in [1.807, 2.05) is 0 Å². The molecule has 0 spiro atoms. The van der Waals surface area contributed by atoms with Gasteiger partial charge in [-0.2, -0.15) is 0 Å². The summed E-state index contributed by atoms with van der Waals surface area (Å²) in [4.78, 5) is 11.0. The molecule has 80 valence electrons. The van der Waals surface area contributed by atoms with Crippen molar-refractivity contribution in [3.05, 3.63) is 40.7 Å². The van der Waals surface area contributed by atoms with E-state index in [9.17, 15) is 9.18 Å². The van der Waals surface area contributed by atoms with Crippen LogP contribution in [0, 0.1) is 5.82 Å². The fourth-order valence-corrected chi connectivity index (χ4v) is 1.26. The standard InChI is InChI=1S/C11H10ClFO2/c1-2-15-11(14)4-3-8-5-9(12)7-10(13)6-8/h3-7H,2H2,1H3. The molecular formula is C11H10ClFO2. The van der Waals surface area contributed by atoms with Crippen LogP contribution in [0.3, 0.4) is 0 Å². The highest BCUT2D eigenvalue weighted by Gasteiger charge is 1.98. The first kappa shape index (κ1) is 11.7. The van der Waals surface area contributed by atoms with Gasteiger partial charge in [-0.1, -0.05) is 11.6 Å². The van der Waals surface area contributed by atoms with Crippen molar-refractivity contribution >= 4 is 23.6 Å². The Balaban J connectivity index is 2.76. The molecule has 15 heavy (non-hydrogen) atoms. The molecular weight excluding hydrogens is 219 g/mol. The first-order valence-corrected chi connectivity index (χ1v) is 4.80. The number of ether oxygens (including phenoxy) is 1. The third kappa shape index (κ3) is 4.13. The Kier molecular flexibility index (Phi) is 4.31. The van der Waals surface area contributed by atoms with Crippen molar-refractivity contribution in [2.45, 2.75) is 6.92 Å². The largest absolute Gasteiger partial charge is 0.463 e. The molecule has 0 aliphatic rings. The molecule has 0 radical (unpaired) electrons. The maximum atomic E-state index is 12.9. The molecule has 0 N–H and O–H groups in total. The van der Waals surface area contributed by atoms with Gasteiger partial charge in [0.2, 0.25) is 0 Å². The van der Waals surface area contributed by atoms with Gasteiger partial charge in [-0.15, -0.1) is 0 Å². The lowest BCUT2D eigenvalue weighted by atomic mass is 10.2. The molecule has 1 aromatic rings. The topological polar surface area (TPSA) is 26.3 Å². The third-order valence-corrected chi connectivity index (χ3v) is 1.80. The van der Waals surface area contributed by atoms with Gasteiger partial charge in [-0.25, -0.2) is 9.18 Å². The van der Waals surface area contributed by atoms with Crippen LogP contribution < -0.4 is 0 Å². The second-order valence-electron chi connectivity index (χ2n) is 2.79. The monoisotopic (exact) mass is 228 g/mol. The SMILES string of the molecule is CCOC(=O)C=Cc1cc(F)cc(Cl)c1. The molecule has 0 heterocycles. The van der Waals surface area contributed by atoms with Gasteiger partial charge in [0.1, 0.15) is 5.82 Å². The van der Waals surface area contributed by atoms with Crippen LogP contribution in [0.4, 0.5) is 4.39 Å². The zero-order valence-electron chi connectivity index (χ0n) is 8.17. The van der Waals surface area contributed by atoms with Crippen LogP contribution in [-0.2, 0) is 9.53 Å². The second kappa shape index (κ2) is 5.51. The smallest absolute Gasteiger partial charge is 0.330 e. The van der Waals surface area contributed by atoms with E-state index in [0.29, 0.717) is 17.2 Å². The second-order valence-corrected chi connectivity index (χ2v) is 3.22. The van der Waals surface area contributed by atoms with Crippen molar-refractivity contribution in [3.8, 4) is 0 Å². The lowest BCUT2D eigenvalue weighted by Gasteiger charge is -1.97. The van der Waals surface area contributed by atoms with Crippen LogP contribution in [0.5, 0.6) is 0 Å². The van der Waals surface area contributed by atoms with Gasteiger partial charge in [-0.05, 0) is 36.8 Å². The molecule has 0 atom stereocenters. The number of hydrogen-bond acceptors (Lipinski definition) is 2. The van der Waals surface area contributed by atoms with Crippen molar-refractivity contribution in [3.63, 3.8) is 0 Å². The maximum Gasteiger partial charge on any atom is 0.330 e. The summed E-state index contributed by atoms with van der Waals surface area (Å²) < 4.78 is 17.5. The number of halogens is 2. The highest BCUT2D eigenvalue weighted by atomic mass is 35.5. The molecule has 0 fully saturated rings. The fraction of sp³-hybridized carbons (Fsp3) is 0.182. The van der Waals surface area contributed by atoms with Crippen molar-refractivity contribution < 1.29 is 13.9 Å². The molecule has 1 aromatic carbocycles. The molecule has 0 amide bonds. The third-order valence-electron chi connectivity index (χ3n) is 1.58. The quantitative estimate of drug-likeness (QED) is 0.587. The zero-order chi connectivity index (χ0) is 11.3. The van der Waals surface area contributed by atoms with Gasteiger partial charge >= 0.3 is 5.97 Å². The summed E-state index contributed by atoms with van der Waals surface area (Å²) in [7, 11) is 0. The molecule has 0 aliphatic heterocycles. The van der Waals surface area contributed by atoms with Crippen LogP contribution in [0.1, 0.15) is 12.5 Å². The average molecular weight is 229 g/mol. The highest BCUT2D eigenvalue weighted by Crippen LogP contribution is 2.15. The van der Waals surface area contributed by atoms with E-state index in [-0.39, 0.29) is 0 Å². The number of benzene rings is 1. The molecule has 0 saturated heterocycles. The Hall–Kier alpha value is -1.35. The maximum absolute atomic E-state index is 12.9. The fourth-order valence-electron chi connectivity index (χ4n) is 1.03. The highest BCUT2D eigenvalue weighted by molar-refractivity contribution is 6.30. The molecule has 4 heteroatoms. The van der Waals surface area contributed by atoms with E-state index in [0.717, 1.165) is 0 Å². The summed E-state index contributed by atoms with van der Waals surface area (Å²) in [6.07, 6.45) is 2.68. The summed E-state index contributed by atoms with van der Waals surface area (Å²) in [5, 5.41) is 0.290. The van der Waals surface area contributed by atoms with Gasteiger partial charge in [-0.3, -0.25) is 0 Å². The van der Waals surface area contributed by atoms with Crippen molar-refractivity contribution in [2.75, 3.05) is 6.61 Å². The predicted molar refractivity (Wildman–Crippen MR) is 57.1 cm³/mol. The van der Waals surface area contributed by atoms with Gasteiger partial charge in [0.05, 0.1) is 6.61 Å². The molecule has 0 unspecified atom stereocenters.